The molecule has 0 unspecified atom stereocenters. The normalized spacial score (nSPS) is 10.3. The fraction of sp³-hybridized carbons (Fsp3) is 0.708. The standard InChI is InChI=1S/C18H37NO.C6H6O/c1-2-3-4-5-6-7-8-9-10-11-12-13-14-15-16-17-18(19)20;7-6-4-2-1-3-5-6/h2-17H2,1H3,(H2,19,20);1-5,7H. The number of hydrogen-bond donors (Lipinski definition) is 2. The Morgan fingerprint density at radius 3 is 1.37 bits per heavy atom. The largest absolute Gasteiger partial charge is 0.508 e. The summed E-state index contributed by atoms with van der Waals surface area (Å²) in [5.74, 6) is 0.169. The highest BCUT2D eigenvalue weighted by Gasteiger charge is 1.96. The van der Waals surface area contributed by atoms with Gasteiger partial charge in [0.25, 0.3) is 0 Å². The number of phenolic OH excluding ortho intramolecular Hbond substituents is 1. The number of aromatic hydroxyl groups is 1. The first-order valence-corrected chi connectivity index (χ1v) is 11.2. The summed E-state index contributed by atoms with van der Waals surface area (Å²) in [6.07, 6.45) is 20.9. The van der Waals surface area contributed by atoms with Crippen LogP contribution in [0.1, 0.15) is 110 Å². The number of hydrogen-bond acceptors (Lipinski definition) is 2. The minimum atomic E-state index is -0.153. The van der Waals surface area contributed by atoms with E-state index in [1.807, 2.05) is 6.07 Å². The highest BCUT2D eigenvalue weighted by molar-refractivity contribution is 5.73. The van der Waals surface area contributed by atoms with E-state index >= 15 is 0 Å². The van der Waals surface area contributed by atoms with Gasteiger partial charge in [0.05, 0.1) is 0 Å². The Balaban J connectivity index is 0.000000797. The molecule has 3 nitrogen and oxygen atoms in total. The maximum atomic E-state index is 10.6. The molecular weight excluding hydrogens is 334 g/mol. The van der Waals surface area contributed by atoms with Gasteiger partial charge in [-0.2, -0.15) is 0 Å². The van der Waals surface area contributed by atoms with Crippen molar-refractivity contribution in [3.05, 3.63) is 30.3 Å². The number of rotatable bonds is 16. The highest BCUT2D eigenvalue weighted by atomic mass is 16.3. The van der Waals surface area contributed by atoms with Crippen LogP contribution >= 0.6 is 0 Å². The van der Waals surface area contributed by atoms with Gasteiger partial charge in [-0.05, 0) is 18.6 Å². The van der Waals surface area contributed by atoms with E-state index in [9.17, 15) is 4.79 Å². The third-order valence-electron chi connectivity index (χ3n) is 4.78. The third-order valence-corrected chi connectivity index (χ3v) is 4.78. The summed E-state index contributed by atoms with van der Waals surface area (Å²) >= 11 is 0. The fourth-order valence-electron chi connectivity index (χ4n) is 3.10. The van der Waals surface area contributed by atoms with Gasteiger partial charge in [-0.15, -0.1) is 0 Å². The Bertz CT molecular complexity index is 420. The van der Waals surface area contributed by atoms with Crippen LogP contribution in [0.15, 0.2) is 30.3 Å². The van der Waals surface area contributed by atoms with Crippen LogP contribution in [0.2, 0.25) is 0 Å². The van der Waals surface area contributed by atoms with E-state index in [4.69, 9.17) is 10.8 Å². The van der Waals surface area contributed by atoms with E-state index in [-0.39, 0.29) is 5.91 Å². The molecule has 3 N–H and O–H groups in total. The monoisotopic (exact) mass is 377 g/mol. The van der Waals surface area contributed by atoms with E-state index in [2.05, 4.69) is 6.92 Å². The molecule has 0 saturated heterocycles. The van der Waals surface area contributed by atoms with Crippen LogP contribution in [0.25, 0.3) is 0 Å². The topological polar surface area (TPSA) is 63.3 Å². The number of carbonyl (C=O) groups excluding carboxylic acids is 1. The molecule has 0 aromatic heterocycles. The number of unbranched alkanes of at least 4 members (excludes halogenated alkanes) is 14. The molecule has 0 aliphatic carbocycles. The molecule has 1 aromatic rings. The molecule has 27 heavy (non-hydrogen) atoms. The van der Waals surface area contributed by atoms with Crippen molar-refractivity contribution in [1.82, 2.24) is 0 Å². The predicted molar refractivity (Wildman–Crippen MR) is 117 cm³/mol. The van der Waals surface area contributed by atoms with Crippen LogP contribution in [-0.4, -0.2) is 11.0 Å². The average Bonchev–Trinajstić information content (AvgIpc) is 2.66. The molecule has 0 atom stereocenters. The number of benzene rings is 1. The van der Waals surface area contributed by atoms with Crippen molar-refractivity contribution in [2.24, 2.45) is 5.73 Å². The van der Waals surface area contributed by atoms with Gasteiger partial charge in [-0.1, -0.05) is 115 Å². The second kappa shape index (κ2) is 20.8. The SMILES string of the molecule is CCCCCCCCCCCCCCCCCC(N)=O.Oc1ccccc1. The predicted octanol–water partition coefficient (Wildman–Crippen LogP) is 7.13. The molecule has 0 saturated carbocycles. The van der Waals surface area contributed by atoms with Gasteiger partial charge in [0.2, 0.25) is 5.91 Å². The Hall–Kier alpha value is -1.51. The van der Waals surface area contributed by atoms with Crippen LogP contribution in [0.4, 0.5) is 0 Å². The first-order chi connectivity index (χ1) is 13.2. The molecule has 0 aliphatic heterocycles. The summed E-state index contributed by atoms with van der Waals surface area (Å²) in [5, 5.41) is 8.63. The van der Waals surface area contributed by atoms with Gasteiger partial charge >= 0.3 is 0 Å². The molecule has 3 heteroatoms. The molecule has 1 amide bonds. The molecule has 156 valence electrons. The molecule has 0 fully saturated rings. The second-order valence-electron chi connectivity index (χ2n) is 7.50. The van der Waals surface area contributed by atoms with Gasteiger partial charge in [0, 0.05) is 6.42 Å². The van der Waals surface area contributed by atoms with E-state index in [1.54, 1.807) is 24.3 Å². The Morgan fingerprint density at radius 2 is 1.07 bits per heavy atom. The minimum absolute atomic E-state index is 0.153. The molecule has 1 aromatic carbocycles. The number of phenols is 1. The van der Waals surface area contributed by atoms with Crippen molar-refractivity contribution >= 4 is 5.91 Å². The summed E-state index contributed by atoms with van der Waals surface area (Å²) in [6, 6.07) is 8.71. The van der Waals surface area contributed by atoms with E-state index in [0.29, 0.717) is 12.2 Å². The first-order valence-electron chi connectivity index (χ1n) is 11.2. The molecule has 0 aliphatic rings. The Labute approximate surface area is 167 Å². The Morgan fingerprint density at radius 1 is 0.704 bits per heavy atom. The lowest BCUT2D eigenvalue weighted by atomic mass is 10.0. The van der Waals surface area contributed by atoms with Gasteiger partial charge in [0.1, 0.15) is 5.75 Å². The molecule has 0 bridgehead atoms. The van der Waals surface area contributed by atoms with Gasteiger partial charge in [-0.3, -0.25) is 4.79 Å². The van der Waals surface area contributed by atoms with Crippen LogP contribution < -0.4 is 5.73 Å². The molecule has 0 spiro atoms. The van der Waals surface area contributed by atoms with Crippen molar-refractivity contribution in [2.75, 3.05) is 0 Å². The summed E-state index contributed by atoms with van der Waals surface area (Å²) in [5.41, 5.74) is 5.11. The number of amides is 1. The van der Waals surface area contributed by atoms with Crippen molar-refractivity contribution in [3.8, 4) is 5.75 Å². The summed E-state index contributed by atoms with van der Waals surface area (Å²) in [4.78, 5) is 10.6. The van der Waals surface area contributed by atoms with Gasteiger partial charge in [0.15, 0.2) is 0 Å². The molecule has 1 rings (SSSR count). The second-order valence-corrected chi connectivity index (χ2v) is 7.50. The fourth-order valence-corrected chi connectivity index (χ4v) is 3.10. The third kappa shape index (κ3) is 22.4. The zero-order chi connectivity index (χ0) is 20.0. The van der Waals surface area contributed by atoms with Crippen LogP contribution in [0.3, 0.4) is 0 Å². The molecule has 0 radical (unpaired) electrons. The zero-order valence-corrected chi connectivity index (χ0v) is 17.6. The lowest BCUT2D eigenvalue weighted by Crippen LogP contribution is -2.09. The number of primary amides is 1. The average molecular weight is 378 g/mol. The van der Waals surface area contributed by atoms with E-state index in [0.717, 1.165) is 6.42 Å². The summed E-state index contributed by atoms with van der Waals surface area (Å²) < 4.78 is 0. The van der Waals surface area contributed by atoms with E-state index < -0.39 is 0 Å². The molecule has 0 heterocycles. The Kier molecular flexibility index (Phi) is 19.6. The van der Waals surface area contributed by atoms with Gasteiger partial charge in [-0.25, -0.2) is 0 Å². The number of carbonyl (C=O) groups is 1. The van der Waals surface area contributed by atoms with Crippen molar-refractivity contribution in [1.29, 1.82) is 0 Å². The maximum absolute atomic E-state index is 10.6. The lowest BCUT2D eigenvalue weighted by molar-refractivity contribution is -0.118. The first kappa shape index (κ1) is 25.5. The van der Waals surface area contributed by atoms with Crippen molar-refractivity contribution < 1.29 is 9.90 Å². The zero-order valence-electron chi connectivity index (χ0n) is 17.6. The van der Waals surface area contributed by atoms with Crippen LogP contribution in [0.5, 0.6) is 5.75 Å². The van der Waals surface area contributed by atoms with Crippen LogP contribution in [-0.2, 0) is 4.79 Å². The maximum Gasteiger partial charge on any atom is 0.217 e. The minimum Gasteiger partial charge on any atom is -0.508 e. The van der Waals surface area contributed by atoms with Crippen LogP contribution in [0, 0.1) is 0 Å². The smallest absolute Gasteiger partial charge is 0.217 e. The highest BCUT2D eigenvalue weighted by Crippen LogP contribution is 2.13. The van der Waals surface area contributed by atoms with E-state index in [1.165, 1.54) is 89.9 Å². The molecular formula is C24H43NO2. The van der Waals surface area contributed by atoms with Crippen molar-refractivity contribution in [2.45, 2.75) is 110 Å². The summed E-state index contributed by atoms with van der Waals surface area (Å²) in [7, 11) is 0. The van der Waals surface area contributed by atoms with Crippen molar-refractivity contribution in [3.63, 3.8) is 0 Å². The van der Waals surface area contributed by atoms with Gasteiger partial charge < -0.3 is 10.8 Å². The lowest BCUT2D eigenvalue weighted by Gasteiger charge is -2.03. The quantitative estimate of drug-likeness (QED) is 0.301. The number of nitrogens with two attached hydrogens (primary N) is 1. The number of para-hydroxylation sites is 1. The summed E-state index contributed by atoms with van der Waals surface area (Å²) in [6.45, 7) is 2.28.